The number of aryl methyl sites for hydroxylation is 1. The van der Waals surface area contributed by atoms with Crippen LogP contribution in [0.3, 0.4) is 0 Å². The Morgan fingerprint density at radius 3 is 2.82 bits per heavy atom. The minimum atomic E-state index is -0.338. The van der Waals surface area contributed by atoms with E-state index in [0.717, 1.165) is 42.1 Å². The van der Waals surface area contributed by atoms with Crippen LogP contribution in [0.1, 0.15) is 55.2 Å². The Morgan fingerprint density at radius 1 is 1.25 bits per heavy atom. The first kappa shape index (κ1) is 18.5. The van der Waals surface area contributed by atoms with E-state index in [1.54, 1.807) is 6.92 Å². The molecule has 1 amide bonds. The highest BCUT2D eigenvalue weighted by Gasteiger charge is 2.25. The smallest absolute Gasteiger partial charge is 0.251 e. The lowest BCUT2D eigenvalue weighted by atomic mass is 9.88. The average Bonchev–Trinajstić information content (AvgIpc) is 3.10. The van der Waals surface area contributed by atoms with Gasteiger partial charge >= 0.3 is 0 Å². The lowest BCUT2D eigenvalue weighted by molar-refractivity contribution is -0.126. The van der Waals surface area contributed by atoms with Gasteiger partial charge in [-0.1, -0.05) is 37.5 Å². The summed E-state index contributed by atoms with van der Waals surface area (Å²) < 4.78 is 0. The number of benzene rings is 1. The molecule has 0 aliphatic heterocycles. The summed E-state index contributed by atoms with van der Waals surface area (Å²) in [6.45, 7) is 1.76. The number of para-hydroxylation sites is 1. The molecule has 2 aromatic heterocycles. The van der Waals surface area contributed by atoms with Crippen molar-refractivity contribution in [2.75, 3.05) is 0 Å². The second-order valence-corrected chi connectivity index (χ2v) is 7.72. The van der Waals surface area contributed by atoms with Gasteiger partial charge in [-0.2, -0.15) is 0 Å². The number of H-pyrrole nitrogens is 2. The summed E-state index contributed by atoms with van der Waals surface area (Å²) >= 11 is 0. The van der Waals surface area contributed by atoms with Crippen LogP contribution in [-0.2, 0) is 11.2 Å². The zero-order valence-electron chi connectivity index (χ0n) is 16.1. The first-order chi connectivity index (χ1) is 13.6. The fourth-order valence-corrected chi connectivity index (χ4v) is 4.19. The zero-order valence-corrected chi connectivity index (χ0v) is 16.1. The molecule has 3 aromatic rings. The highest BCUT2D eigenvalue weighted by molar-refractivity contribution is 5.83. The molecule has 1 saturated carbocycles. The van der Waals surface area contributed by atoms with Crippen LogP contribution in [0, 0.1) is 12.8 Å². The third kappa shape index (κ3) is 4.01. The number of carbonyl (C=O) groups is 1. The van der Waals surface area contributed by atoms with E-state index in [1.165, 1.54) is 12.5 Å². The van der Waals surface area contributed by atoms with Gasteiger partial charge in [-0.3, -0.25) is 9.59 Å². The number of aromatic amines is 2. The molecule has 1 atom stereocenters. The molecule has 0 spiro atoms. The van der Waals surface area contributed by atoms with Gasteiger partial charge in [-0.15, -0.1) is 0 Å². The van der Waals surface area contributed by atoms with Gasteiger partial charge < -0.3 is 15.3 Å². The summed E-state index contributed by atoms with van der Waals surface area (Å²) in [6, 6.07) is 9.25. The molecule has 0 radical (unpaired) electrons. The molecule has 6 heteroatoms. The molecular weight excluding hydrogens is 352 g/mol. The largest absolute Gasteiger partial charge is 0.361 e. The van der Waals surface area contributed by atoms with Gasteiger partial charge in [0.15, 0.2) is 0 Å². The van der Waals surface area contributed by atoms with Crippen molar-refractivity contribution in [3.63, 3.8) is 0 Å². The van der Waals surface area contributed by atoms with E-state index in [0.29, 0.717) is 17.9 Å². The number of aromatic nitrogens is 3. The van der Waals surface area contributed by atoms with E-state index in [-0.39, 0.29) is 23.4 Å². The maximum Gasteiger partial charge on any atom is 0.251 e. The van der Waals surface area contributed by atoms with Crippen LogP contribution in [0.15, 0.2) is 41.3 Å². The van der Waals surface area contributed by atoms with Crippen LogP contribution in [0.4, 0.5) is 0 Å². The number of carbonyl (C=O) groups excluding carboxylic acids is 1. The van der Waals surface area contributed by atoms with Crippen LogP contribution >= 0.6 is 0 Å². The minimum Gasteiger partial charge on any atom is -0.361 e. The molecule has 0 bridgehead atoms. The molecular formula is C22H26N4O2. The topological polar surface area (TPSA) is 90.6 Å². The van der Waals surface area contributed by atoms with Crippen molar-refractivity contribution in [2.45, 2.75) is 51.5 Å². The summed E-state index contributed by atoms with van der Waals surface area (Å²) in [5, 5.41) is 4.32. The van der Waals surface area contributed by atoms with Gasteiger partial charge in [-0.05, 0) is 31.4 Å². The van der Waals surface area contributed by atoms with Crippen molar-refractivity contribution in [1.29, 1.82) is 0 Å². The van der Waals surface area contributed by atoms with E-state index >= 15 is 0 Å². The molecule has 1 aliphatic rings. The van der Waals surface area contributed by atoms with Crippen molar-refractivity contribution < 1.29 is 4.79 Å². The van der Waals surface area contributed by atoms with Crippen LogP contribution in [-0.4, -0.2) is 20.9 Å². The number of rotatable bonds is 5. The lowest BCUT2D eigenvalue weighted by Crippen LogP contribution is -2.36. The molecule has 0 saturated heterocycles. The molecule has 6 nitrogen and oxygen atoms in total. The Kier molecular flexibility index (Phi) is 5.28. The molecule has 146 valence electrons. The number of fused-ring (bicyclic) bond motifs is 1. The Hall–Kier alpha value is -2.89. The van der Waals surface area contributed by atoms with E-state index in [9.17, 15) is 9.59 Å². The maximum absolute atomic E-state index is 12.9. The van der Waals surface area contributed by atoms with E-state index in [4.69, 9.17) is 0 Å². The van der Waals surface area contributed by atoms with Gasteiger partial charge in [0.05, 0.1) is 11.7 Å². The van der Waals surface area contributed by atoms with Crippen LogP contribution < -0.4 is 10.9 Å². The summed E-state index contributed by atoms with van der Waals surface area (Å²) in [6.07, 6.45) is 7.85. The lowest BCUT2D eigenvalue weighted by Gasteiger charge is -2.25. The van der Waals surface area contributed by atoms with Crippen molar-refractivity contribution in [3.05, 3.63) is 64.0 Å². The predicted molar refractivity (Wildman–Crippen MR) is 109 cm³/mol. The van der Waals surface area contributed by atoms with E-state index < -0.39 is 0 Å². The predicted octanol–water partition coefficient (Wildman–Crippen LogP) is 3.54. The van der Waals surface area contributed by atoms with Crippen LogP contribution in [0.25, 0.3) is 10.9 Å². The Balaban J connectivity index is 1.64. The highest BCUT2D eigenvalue weighted by atomic mass is 16.2. The molecule has 0 unspecified atom stereocenters. The molecule has 2 heterocycles. The van der Waals surface area contributed by atoms with Crippen molar-refractivity contribution >= 4 is 16.8 Å². The van der Waals surface area contributed by atoms with E-state index in [2.05, 4.69) is 26.3 Å². The number of hydrogen-bond donors (Lipinski definition) is 3. The fourth-order valence-electron chi connectivity index (χ4n) is 4.19. The molecule has 1 aliphatic carbocycles. The van der Waals surface area contributed by atoms with Crippen molar-refractivity contribution in [1.82, 2.24) is 20.3 Å². The molecule has 1 fully saturated rings. The van der Waals surface area contributed by atoms with Gasteiger partial charge in [0.2, 0.25) is 5.91 Å². The van der Waals surface area contributed by atoms with Gasteiger partial charge in [0.1, 0.15) is 5.82 Å². The zero-order chi connectivity index (χ0) is 19.5. The normalized spacial score (nSPS) is 16.2. The van der Waals surface area contributed by atoms with Gasteiger partial charge in [-0.25, -0.2) is 4.98 Å². The summed E-state index contributed by atoms with van der Waals surface area (Å²) in [5.41, 5.74) is 2.57. The van der Waals surface area contributed by atoms with Gasteiger partial charge in [0.25, 0.3) is 5.56 Å². The minimum absolute atomic E-state index is 0.0577. The highest BCUT2D eigenvalue weighted by Crippen LogP contribution is 2.27. The van der Waals surface area contributed by atoms with Crippen LogP contribution in [0.2, 0.25) is 0 Å². The second-order valence-electron chi connectivity index (χ2n) is 7.72. The SMILES string of the molecule is Cc1nc([C@H](Cc2c[nH]c3ccccc23)NC(=O)C2CCCCC2)cc(=O)[nH]1. The molecule has 28 heavy (non-hydrogen) atoms. The Labute approximate surface area is 163 Å². The number of hydrogen-bond acceptors (Lipinski definition) is 3. The van der Waals surface area contributed by atoms with Crippen molar-refractivity contribution in [2.24, 2.45) is 5.92 Å². The molecule has 1 aromatic carbocycles. The third-order valence-corrected chi connectivity index (χ3v) is 5.63. The Morgan fingerprint density at radius 2 is 2.04 bits per heavy atom. The quantitative estimate of drug-likeness (QED) is 0.634. The number of amides is 1. The standard InChI is InChI=1S/C22H26N4O2/c1-14-24-20(12-21(27)25-14)19(26-22(28)15-7-3-2-4-8-15)11-16-13-23-18-10-6-5-9-17(16)18/h5-6,9-10,12-13,15,19,23H,2-4,7-8,11H2,1H3,(H,26,28)(H,24,25,27)/t19-/m0/s1. The number of nitrogens with zero attached hydrogens (tertiary/aromatic N) is 1. The fraction of sp³-hybridized carbons (Fsp3) is 0.409. The monoisotopic (exact) mass is 378 g/mol. The average molecular weight is 378 g/mol. The number of nitrogens with one attached hydrogen (secondary N) is 3. The Bertz CT molecular complexity index is 1030. The molecule has 4 rings (SSSR count). The van der Waals surface area contributed by atoms with Gasteiger partial charge in [0, 0.05) is 35.5 Å². The first-order valence-corrected chi connectivity index (χ1v) is 10.0. The van der Waals surface area contributed by atoms with E-state index in [1.807, 2.05) is 24.4 Å². The maximum atomic E-state index is 12.9. The summed E-state index contributed by atoms with van der Waals surface area (Å²) in [7, 11) is 0. The first-order valence-electron chi connectivity index (χ1n) is 10.0. The second kappa shape index (κ2) is 8.00. The third-order valence-electron chi connectivity index (χ3n) is 5.63. The summed E-state index contributed by atoms with van der Waals surface area (Å²) in [4.78, 5) is 35.4. The van der Waals surface area contributed by atoms with Crippen molar-refractivity contribution in [3.8, 4) is 0 Å². The molecule has 3 N–H and O–H groups in total. The van der Waals surface area contributed by atoms with Crippen LogP contribution in [0.5, 0.6) is 0 Å². The summed E-state index contributed by atoms with van der Waals surface area (Å²) in [5.74, 6) is 0.685.